The highest BCUT2D eigenvalue weighted by Crippen LogP contribution is 2.31. The molecule has 5 rings (SSSR count). The monoisotopic (exact) mass is 499 g/mol. The van der Waals surface area contributed by atoms with Crippen molar-refractivity contribution >= 4 is 22.6 Å². The maximum atomic E-state index is 13.6. The first-order chi connectivity index (χ1) is 18.0. The second-order valence-electron chi connectivity index (χ2n) is 8.91. The van der Waals surface area contributed by atoms with Crippen molar-refractivity contribution in [3.63, 3.8) is 0 Å². The van der Waals surface area contributed by atoms with E-state index in [4.69, 9.17) is 14.6 Å². The van der Waals surface area contributed by atoms with Gasteiger partial charge in [0.2, 0.25) is 0 Å². The number of unbranched alkanes of at least 4 members (excludes halogenated alkanes) is 1. The summed E-state index contributed by atoms with van der Waals surface area (Å²) in [6.45, 7) is 0. The van der Waals surface area contributed by atoms with Crippen LogP contribution in [0.15, 0.2) is 82.7 Å². The number of aromatic nitrogens is 2. The zero-order valence-corrected chi connectivity index (χ0v) is 20.4. The van der Waals surface area contributed by atoms with E-state index >= 15 is 0 Å². The van der Waals surface area contributed by atoms with E-state index in [1.54, 1.807) is 18.2 Å². The number of rotatable bonds is 8. The van der Waals surface area contributed by atoms with Gasteiger partial charge in [-0.05, 0) is 60.4 Å². The number of fused-ring (bicyclic) bond motifs is 1. The summed E-state index contributed by atoms with van der Waals surface area (Å²) in [6.07, 6.45) is 2.32. The van der Waals surface area contributed by atoms with Crippen molar-refractivity contribution in [2.24, 2.45) is 5.16 Å². The summed E-state index contributed by atoms with van der Waals surface area (Å²) in [4.78, 5) is 35.7. The number of esters is 1. The van der Waals surface area contributed by atoms with Gasteiger partial charge in [0.1, 0.15) is 11.6 Å². The van der Waals surface area contributed by atoms with E-state index in [-0.39, 0.29) is 29.9 Å². The minimum atomic E-state index is -0.386. The number of halogens is 1. The molecule has 0 fully saturated rings. The van der Waals surface area contributed by atoms with E-state index < -0.39 is 0 Å². The van der Waals surface area contributed by atoms with E-state index in [1.807, 2.05) is 42.5 Å². The van der Waals surface area contributed by atoms with Crippen LogP contribution < -0.4 is 5.56 Å². The topological polar surface area (TPSA) is 82.8 Å². The predicted octanol–water partition coefficient (Wildman–Crippen LogP) is 5.28. The van der Waals surface area contributed by atoms with Crippen molar-refractivity contribution in [2.45, 2.75) is 38.2 Å². The number of carbonyl (C=O) groups excluding carboxylic acids is 1. The molecule has 2 heterocycles. The minimum Gasteiger partial charge on any atom is -0.469 e. The lowest BCUT2D eigenvalue weighted by molar-refractivity contribution is -0.140. The smallest absolute Gasteiger partial charge is 0.305 e. The van der Waals surface area contributed by atoms with Crippen LogP contribution >= 0.6 is 0 Å². The van der Waals surface area contributed by atoms with E-state index in [0.29, 0.717) is 48.1 Å². The Morgan fingerprint density at radius 3 is 2.62 bits per heavy atom. The van der Waals surface area contributed by atoms with Gasteiger partial charge in [-0.2, -0.15) is 0 Å². The third-order valence-electron chi connectivity index (χ3n) is 6.45. The van der Waals surface area contributed by atoms with Gasteiger partial charge in [-0.3, -0.25) is 14.2 Å². The molecule has 0 radical (unpaired) electrons. The molecule has 0 saturated carbocycles. The quantitative estimate of drug-likeness (QED) is 0.243. The highest BCUT2D eigenvalue weighted by molar-refractivity contribution is 6.01. The summed E-state index contributed by atoms with van der Waals surface area (Å²) in [7, 11) is 1.36. The average Bonchev–Trinajstić information content (AvgIpc) is 3.42. The fraction of sp³-hybridized carbons (Fsp3) is 0.241. The normalized spacial score (nSPS) is 14.9. The summed E-state index contributed by atoms with van der Waals surface area (Å²) >= 11 is 0. The largest absolute Gasteiger partial charge is 0.469 e. The molecule has 37 heavy (non-hydrogen) atoms. The number of oxime groups is 1. The van der Waals surface area contributed by atoms with Crippen LogP contribution in [0.4, 0.5) is 4.39 Å². The number of carbonyl (C=O) groups is 1. The first kappa shape index (κ1) is 24.4. The number of hydrogen-bond acceptors (Lipinski definition) is 6. The molecule has 0 spiro atoms. The predicted molar refractivity (Wildman–Crippen MR) is 138 cm³/mol. The molecule has 0 N–H and O–H groups in total. The lowest BCUT2D eigenvalue weighted by atomic mass is 9.99. The highest BCUT2D eigenvalue weighted by Gasteiger charge is 2.25. The molecule has 1 aliphatic heterocycles. The van der Waals surface area contributed by atoms with Crippen LogP contribution in [0.2, 0.25) is 0 Å². The van der Waals surface area contributed by atoms with Crippen LogP contribution in [0, 0.1) is 5.82 Å². The van der Waals surface area contributed by atoms with Crippen molar-refractivity contribution in [3.05, 3.63) is 106 Å². The number of nitrogens with zero attached hydrogens (tertiary/aromatic N) is 3. The fourth-order valence-electron chi connectivity index (χ4n) is 4.48. The lowest BCUT2D eigenvalue weighted by Gasteiger charge is -2.15. The Hall–Kier alpha value is -4.33. The SMILES string of the molecule is COC(=O)CCCCc1nc2cc(C3CC(c4ccccc4)=NO3)ccc2c(=O)n1-c1ccc(F)cc1. The van der Waals surface area contributed by atoms with Gasteiger partial charge in [-0.1, -0.05) is 41.6 Å². The van der Waals surface area contributed by atoms with Crippen LogP contribution in [-0.2, 0) is 20.8 Å². The van der Waals surface area contributed by atoms with Crippen LogP contribution in [0.1, 0.15) is 48.7 Å². The molecule has 1 atom stereocenters. The van der Waals surface area contributed by atoms with Gasteiger partial charge in [0.25, 0.3) is 5.56 Å². The van der Waals surface area contributed by atoms with Crippen molar-refractivity contribution in [3.8, 4) is 5.69 Å². The molecule has 0 amide bonds. The maximum absolute atomic E-state index is 13.6. The van der Waals surface area contributed by atoms with Crippen LogP contribution in [0.5, 0.6) is 0 Å². The van der Waals surface area contributed by atoms with Gasteiger partial charge in [-0.15, -0.1) is 0 Å². The summed E-state index contributed by atoms with van der Waals surface area (Å²) in [5.74, 6) is -0.121. The number of ether oxygens (including phenoxy) is 1. The Kier molecular flexibility index (Phi) is 7.07. The number of hydrogen-bond donors (Lipinski definition) is 0. The number of methoxy groups -OCH3 is 1. The maximum Gasteiger partial charge on any atom is 0.305 e. The second kappa shape index (κ2) is 10.7. The third-order valence-corrected chi connectivity index (χ3v) is 6.45. The Balaban J connectivity index is 1.47. The molecule has 1 aliphatic rings. The molecule has 188 valence electrons. The molecule has 3 aromatic carbocycles. The highest BCUT2D eigenvalue weighted by atomic mass is 19.1. The molecule has 4 aromatic rings. The second-order valence-corrected chi connectivity index (χ2v) is 8.91. The molecule has 0 aliphatic carbocycles. The molecule has 8 heteroatoms. The lowest BCUT2D eigenvalue weighted by Crippen LogP contribution is -2.24. The van der Waals surface area contributed by atoms with E-state index in [0.717, 1.165) is 16.8 Å². The zero-order chi connectivity index (χ0) is 25.8. The van der Waals surface area contributed by atoms with Crippen LogP contribution in [0.3, 0.4) is 0 Å². The molecule has 1 aromatic heterocycles. The van der Waals surface area contributed by atoms with E-state index in [2.05, 4.69) is 5.16 Å². The molecular weight excluding hydrogens is 473 g/mol. The van der Waals surface area contributed by atoms with Gasteiger partial charge in [0.15, 0.2) is 6.10 Å². The van der Waals surface area contributed by atoms with Crippen molar-refractivity contribution < 1.29 is 18.8 Å². The fourth-order valence-corrected chi connectivity index (χ4v) is 4.48. The van der Waals surface area contributed by atoms with E-state index in [1.165, 1.54) is 23.8 Å². The van der Waals surface area contributed by atoms with Gasteiger partial charge in [0.05, 0.1) is 29.4 Å². The van der Waals surface area contributed by atoms with E-state index in [9.17, 15) is 14.0 Å². The Labute approximate surface area is 213 Å². The van der Waals surface area contributed by atoms with Gasteiger partial charge >= 0.3 is 5.97 Å². The first-order valence-corrected chi connectivity index (χ1v) is 12.2. The molecule has 7 nitrogen and oxygen atoms in total. The standard InChI is InChI=1S/C29H26FN3O4/c1-36-28(34)10-6-5-9-27-31-25-17-20(26-18-24(32-37-26)19-7-3-2-4-8-19)11-16-23(25)29(35)33(27)22-14-12-21(30)13-15-22/h2-4,7-8,11-17,26H,5-6,9-10,18H2,1H3. The summed E-state index contributed by atoms with van der Waals surface area (Å²) in [5, 5.41) is 4.73. The number of aryl methyl sites for hydroxylation is 1. The van der Waals surface area contributed by atoms with Gasteiger partial charge in [-0.25, -0.2) is 9.37 Å². The Bertz CT molecular complexity index is 1510. The molecule has 0 bridgehead atoms. The summed E-state index contributed by atoms with van der Waals surface area (Å²) in [5.41, 5.74) is 3.62. The van der Waals surface area contributed by atoms with Crippen molar-refractivity contribution in [1.82, 2.24) is 9.55 Å². The molecular formula is C29H26FN3O4. The zero-order valence-electron chi connectivity index (χ0n) is 20.4. The van der Waals surface area contributed by atoms with Crippen LogP contribution in [0.25, 0.3) is 16.6 Å². The van der Waals surface area contributed by atoms with Gasteiger partial charge < -0.3 is 9.57 Å². The van der Waals surface area contributed by atoms with Crippen molar-refractivity contribution in [2.75, 3.05) is 7.11 Å². The molecule has 0 saturated heterocycles. The van der Waals surface area contributed by atoms with Crippen LogP contribution in [-0.4, -0.2) is 28.3 Å². The third kappa shape index (κ3) is 5.28. The first-order valence-electron chi connectivity index (χ1n) is 12.2. The minimum absolute atomic E-state index is 0.236. The summed E-state index contributed by atoms with van der Waals surface area (Å²) in [6, 6.07) is 21.1. The Morgan fingerprint density at radius 2 is 1.86 bits per heavy atom. The molecule has 1 unspecified atom stereocenters. The number of benzene rings is 3. The van der Waals surface area contributed by atoms with Gasteiger partial charge in [0, 0.05) is 19.3 Å². The Morgan fingerprint density at radius 1 is 1.08 bits per heavy atom. The summed E-state index contributed by atoms with van der Waals surface area (Å²) < 4.78 is 19.8. The van der Waals surface area contributed by atoms with Crippen molar-refractivity contribution in [1.29, 1.82) is 0 Å². The average molecular weight is 500 g/mol.